The van der Waals surface area contributed by atoms with E-state index in [2.05, 4.69) is 10.3 Å². The molecule has 0 aliphatic carbocycles. The van der Waals surface area contributed by atoms with Gasteiger partial charge in [0.05, 0.1) is 6.20 Å². The summed E-state index contributed by atoms with van der Waals surface area (Å²) in [5, 5.41) is 16.8. The molecule has 15 heavy (non-hydrogen) atoms. The van der Waals surface area contributed by atoms with E-state index in [1.54, 1.807) is 13.2 Å². The van der Waals surface area contributed by atoms with Crippen molar-refractivity contribution in [3.05, 3.63) is 11.9 Å². The van der Waals surface area contributed by atoms with E-state index >= 15 is 0 Å². The SMILES string of the molecule is Cn1cc(C(C(=O)O)N2CCCC2)nn1. The van der Waals surface area contributed by atoms with E-state index in [-0.39, 0.29) is 0 Å². The fraction of sp³-hybridized carbons (Fsp3) is 0.667. The summed E-state index contributed by atoms with van der Waals surface area (Å²) in [6, 6.07) is -0.638. The number of nitrogens with zero attached hydrogens (tertiary/aromatic N) is 4. The molecule has 2 heterocycles. The van der Waals surface area contributed by atoms with Crippen molar-refractivity contribution < 1.29 is 9.90 Å². The monoisotopic (exact) mass is 210 g/mol. The number of likely N-dealkylation sites (tertiary alicyclic amines) is 1. The molecule has 0 bridgehead atoms. The summed E-state index contributed by atoms with van der Waals surface area (Å²) in [6.07, 6.45) is 3.78. The second kappa shape index (κ2) is 3.98. The molecular formula is C9H14N4O2. The van der Waals surface area contributed by atoms with Crippen molar-refractivity contribution in [2.45, 2.75) is 18.9 Å². The molecule has 6 nitrogen and oxygen atoms in total. The topological polar surface area (TPSA) is 71.2 Å². The quantitative estimate of drug-likeness (QED) is 0.762. The minimum Gasteiger partial charge on any atom is -0.480 e. The Morgan fingerprint density at radius 2 is 2.20 bits per heavy atom. The average Bonchev–Trinajstić information content (AvgIpc) is 2.77. The van der Waals surface area contributed by atoms with Crippen molar-refractivity contribution in [3.63, 3.8) is 0 Å². The lowest BCUT2D eigenvalue weighted by Gasteiger charge is -2.21. The van der Waals surface area contributed by atoms with Gasteiger partial charge in [-0.2, -0.15) is 0 Å². The van der Waals surface area contributed by atoms with Crippen LogP contribution in [-0.2, 0) is 11.8 Å². The van der Waals surface area contributed by atoms with E-state index in [1.165, 1.54) is 4.68 Å². The van der Waals surface area contributed by atoms with Gasteiger partial charge in [0.25, 0.3) is 0 Å². The zero-order chi connectivity index (χ0) is 10.8. The van der Waals surface area contributed by atoms with Crippen molar-refractivity contribution in [1.29, 1.82) is 0 Å². The molecule has 1 aliphatic heterocycles. The highest BCUT2D eigenvalue weighted by molar-refractivity contribution is 5.74. The maximum Gasteiger partial charge on any atom is 0.327 e. The molecule has 1 fully saturated rings. The highest BCUT2D eigenvalue weighted by Crippen LogP contribution is 2.23. The van der Waals surface area contributed by atoms with Gasteiger partial charge in [-0.25, -0.2) is 0 Å². The maximum absolute atomic E-state index is 11.2. The molecule has 0 radical (unpaired) electrons. The lowest BCUT2D eigenvalue weighted by atomic mass is 10.2. The first kappa shape index (κ1) is 10.1. The summed E-state index contributed by atoms with van der Waals surface area (Å²) < 4.78 is 1.53. The third-order valence-electron chi connectivity index (χ3n) is 2.64. The van der Waals surface area contributed by atoms with Gasteiger partial charge in [0.15, 0.2) is 6.04 Å². The van der Waals surface area contributed by atoms with E-state index in [1.807, 2.05) is 4.90 Å². The van der Waals surface area contributed by atoms with Crippen LogP contribution >= 0.6 is 0 Å². The normalized spacial score (nSPS) is 19.3. The number of aryl methyl sites for hydroxylation is 1. The smallest absolute Gasteiger partial charge is 0.327 e. The molecule has 82 valence electrons. The molecule has 0 saturated carbocycles. The molecule has 0 amide bonds. The second-order valence-corrected chi connectivity index (χ2v) is 3.80. The Balaban J connectivity index is 2.22. The van der Waals surface area contributed by atoms with Crippen molar-refractivity contribution in [2.75, 3.05) is 13.1 Å². The van der Waals surface area contributed by atoms with Gasteiger partial charge in [-0.05, 0) is 25.9 Å². The van der Waals surface area contributed by atoms with Crippen LogP contribution in [0.2, 0.25) is 0 Å². The van der Waals surface area contributed by atoms with Gasteiger partial charge in [-0.15, -0.1) is 5.10 Å². The third-order valence-corrected chi connectivity index (χ3v) is 2.64. The van der Waals surface area contributed by atoms with Crippen LogP contribution in [-0.4, -0.2) is 44.1 Å². The highest BCUT2D eigenvalue weighted by Gasteiger charge is 2.31. The number of rotatable bonds is 3. The number of aliphatic carboxylic acids is 1. The van der Waals surface area contributed by atoms with E-state index in [4.69, 9.17) is 0 Å². The summed E-state index contributed by atoms with van der Waals surface area (Å²) in [6.45, 7) is 1.65. The fourth-order valence-corrected chi connectivity index (χ4v) is 1.96. The van der Waals surface area contributed by atoms with Gasteiger partial charge in [-0.3, -0.25) is 14.4 Å². The summed E-state index contributed by atoms with van der Waals surface area (Å²) in [7, 11) is 1.74. The minimum absolute atomic E-state index is 0.520. The number of aromatic nitrogens is 3. The van der Waals surface area contributed by atoms with Crippen LogP contribution < -0.4 is 0 Å². The van der Waals surface area contributed by atoms with Crippen LogP contribution in [0.4, 0.5) is 0 Å². The number of hydrogen-bond acceptors (Lipinski definition) is 4. The molecular weight excluding hydrogens is 196 g/mol. The molecule has 1 aromatic rings. The van der Waals surface area contributed by atoms with Gasteiger partial charge in [0.1, 0.15) is 5.69 Å². The van der Waals surface area contributed by atoms with E-state index < -0.39 is 12.0 Å². The molecule has 1 aliphatic rings. The van der Waals surface area contributed by atoms with Crippen molar-refractivity contribution in [1.82, 2.24) is 19.9 Å². The summed E-state index contributed by atoms with van der Waals surface area (Å²) in [5.74, 6) is -0.850. The molecule has 1 aromatic heterocycles. The lowest BCUT2D eigenvalue weighted by Crippen LogP contribution is -2.32. The van der Waals surface area contributed by atoms with Gasteiger partial charge in [0.2, 0.25) is 0 Å². The predicted octanol–water partition coefficient (Wildman–Crippen LogP) is 0.0366. The number of carboxylic acid groups (broad SMARTS) is 1. The molecule has 0 spiro atoms. The van der Waals surface area contributed by atoms with Crippen LogP contribution in [0.1, 0.15) is 24.6 Å². The first-order valence-electron chi connectivity index (χ1n) is 5.01. The van der Waals surface area contributed by atoms with E-state index in [0.717, 1.165) is 25.9 Å². The second-order valence-electron chi connectivity index (χ2n) is 3.80. The molecule has 0 aromatic carbocycles. The number of hydrogen-bond donors (Lipinski definition) is 1. The standard InChI is InChI=1S/C9H14N4O2/c1-12-6-7(10-11-12)8(9(14)15)13-4-2-3-5-13/h6,8H,2-5H2,1H3,(H,14,15). The Morgan fingerprint density at radius 3 is 2.67 bits per heavy atom. The molecule has 1 saturated heterocycles. The van der Waals surface area contributed by atoms with Crippen LogP contribution in [0.5, 0.6) is 0 Å². The van der Waals surface area contributed by atoms with E-state index in [0.29, 0.717) is 5.69 Å². The molecule has 1 unspecified atom stereocenters. The van der Waals surface area contributed by atoms with Crippen LogP contribution in [0.25, 0.3) is 0 Å². The number of carbonyl (C=O) groups is 1. The van der Waals surface area contributed by atoms with Crippen molar-refractivity contribution in [2.24, 2.45) is 7.05 Å². The number of carboxylic acids is 1. The molecule has 1 atom stereocenters. The predicted molar refractivity (Wildman–Crippen MR) is 52.2 cm³/mol. The summed E-state index contributed by atoms with van der Waals surface area (Å²) in [4.78, 5) is 13.1. The summed E-state index contributed by atoms with van der Waals surface area (Å²) >= 11 is 0. The first-order valence-corrected chi connectivity index (χ1v) is 5.01. The fourth-order valence-electron chi connectivity index (χ4n) is 1.96. The Bertz CT molecular complexity index is 357. The zero-order valence-corrected chi connectivity index (χ0v) is 8.63. The highest BCUT2D eigenvalue weighted by atomic mass is 16.4. The minimum atomic E-state index is -0.850. The zero-order valence-electron chi connectivity index (χ0n) is 8.63. The van der Waals surface area contributed by atoms with Crippen LogP contribution in [0.3, 0.4) is 0 Å². The van der Waals surface area contributed by atoms with Crippen molar-refractivity contribution >= 4 is 5.97 Å². The Morgan fingerprint density at radius 1 is 1.53 bits per heavy atom. The summed E-state index contributed by atoms with van der Waals surface area (Å²) in [5.41, 5.74) is 0.520. The Labute approximate surface area is 87.5 Å². The average molecular weight is 210 g/mol. The molecule has 2 rings (SSSR count). The van der Waals surface area contributed by atoms with Gasteiger partial charge < -0.3 is 5.11 Å². The van der Waals surface area contributed by atoms with Crippen LogP contribution in [0, 0.1) is 0 Å². The molecule has 6 heteroatoms. The van der Waals surface area contributed by atoms with Crippen LogP contribution in [0.15, 0.2) is 6.20 Å². The maximum atomic E-state index is 11.2. The largest absolute Gasteiger partial charge is 0.480 e. The van der Waals surface area contributed by atoms with Crippen molar-refractivity contribution in [3.8, 4) is 0 Å². The first-order chi connectivity index (χ1) is 7.18. The van der Waals surface area contributed by atoms with Gasteiger partial charge in [0, 0.05) is 7.05 Å². The molecule has 1 N–H and O–H groups in total. The Kier molecular flexibility index (Phi) is 2.68. The third kappa shape index (κ3) is 1.99. The van der Waals surface area contributed by atoms with Gasteiger partial charge >= 0.3 is 5.97 Å². The Hall–Kier alpha value is -1.43. The van der Waals surface area contributed by atoms with Gasteiger partial charge in [-0.1, -0.05) is 5.21 Å². The van der Waals surface area contributed by atoms with E-state index in [9.17, 15) is 9.90 Å². The lowest BCUT2D eigenvalue weighted by molar-refractivity contribution is -0.143.